The number of rotatable bonds is 9. The van der Waals surface area contributed by atoms with Gasteiger partial charge in [-0.2, -0.15) is 0 Å². The highest BCUT2D eigenvalue weighted by Gasteiger charge is 2.27. The average molecular weight is 431 g/mol. The molecule has 0 radical (unpaired) electrons. The Kier molecular flexibility index (Phi) is 8.72. The molecule has 1 N–H and O–H groups in total. The third-order valence-electron chi connectivity index (χ3n) is 5.10. The lowest BCUT2D eigenvalue weighted by atomic mass is 10.1. The molecule has 0 aliphatic heterocycles. The topological polar surface area (TPSA) is 58.6 Å². The Labute approximate surface area is 184 Å². The van der Waals surface area contributed by atoms with Gasteiger partial charge in [-0.15, -0.1) is 0 Å². The first-order valence-electron chi connectivity index (χ1n) is 10.3. The normalized spacial score (nSPS) is 12.7. The molecule has 0 saturated heterocycles. The summed E-state index contributed by atoms with van der Waals surface area (Å²) >= 11 is 6.05. The van der Waals surface area contributed by atoms with Gasteiger partial charge in [0.15, 0.2) is 6.61 Å². The van der Waals surface area contributed by atoms with Gasteiger partial charge in [0.25, 0.3) is 5.91 Å². The number of carbonyl (C=O) groups is 2. The summed E-state index contributed by atoms with van der Waals surface area (Å²) in [6.07, 6.45) is 0.823. The minimum atomic E-state index is -0.623. The predicted octanol–water partition coefficient (Wildman–Crippen LogP) is 4.67. The van der Waals surface area contributed by atoms with Crippen molar-refractivity contribution in [1.29, 1.82) is 0 Å². The molecule has 6 heteroatoms. The molecule has 0 aliphatic rings. The van der Waals surface area contributed by atoms with E-state index in [4.69, 9.17) is 16.3 Å². The summed E-state index contributed by atoms with van der Waals surface area (Å²) in [5, 5.41) is 3.60. The van der Waals surface area contributed by atoms with Crippen molar-refractivity contribution in [3.05, 3.63) is 64.2 Å². The number of hydrogen-bond donors (Lipinski definition) is 1. The summed E-state index contributed by atoms with van der Waals surface area (Å²) in [7, 11) is 0. The van der Waals surface area contributed by atoms with Gasteiger partial charge < -0.3 is 15.0 Å². The van der Waals surface area contributed by atoms with E-state index in [9.17, 15) is 9.59 Å². The molecule has 0 fully saturated rings. The predicted molar refractivity (Wildman–Crippen MR) is 121 cm³/mol. The maximum absolute atomic E-state index is 13.1. The lowest BCUT2D eigenvalue weighted by Gasteiger charge is -2.29. The molecule has 2 aromatic carbocycles. The Morgan fingerprint density at radius 2 is 1.87 bits per heavy atom. The number of ether oxygens (including phenoxy) is 1. The Hall–Kier alpha value is -2.53. The maximum Gasteiger partial charge on any atom is 0.261 e. The van der Waals surface area contributed by atoms with Crippen molar-refractivity contribution in [2.75, 3.05) is 6.61 Å². The Balaban J connectivity index is 2.16. The third kappa shape index (κ3) is 6.77. The van der Waals surface area contributed by atoms with Gasteiger partial charge in [-0.05, 0) is 63.4 Å². The molecule has 2 amide bonds. The maximum atomic E-state index is 13.1. The van der Waals surface area contributed by atoms with Crippen LogP contribution in [0.4, 0.5) is 0 Å². The van der Waals surface area contributed by atoms with Crippen molar-refractivity contribution in [2.24, 2.45) is 0 Å². The minimum Gasteiger partial charge on any atom is -0.484 e. The van der Waals surface area contributed by atoms with E-state index in [0.29, 0.717) is 17.3 Å². The number of halogens is 1. The number of aryl methyl sites for hydroxylation is 2. The van der Waals surface area contributed by atoms with Gasteiger partial charge in [-0.1, -0.05) is 48.4 Å². The first kappa shape index (κ1) is 23.7. The van der Waals surface area contributed by atoms with Crippen molar-refractivity contribution >= 4 is 23.4 Å². The molecule has 2 atom stereocenters. The molecule has 0 aliphatic carbocycles. The molecule has 30 heavy (non-hydrogen) atoms. The molecular formula is C24H31ClN2O3. The zero-order valence-electron chi connectivity index (χ0n) is 18.4. The van der Waals surface area contributed by atoms with Crippen LogP contribution in [-0.2, 0) is 16.1 Å². The lowest BCUT2D eigenvalue weighted by molar-refractivity contribution is -0.142. The quantitative estimate of drug-likeness (QED) is 0.629. The summed E-state index contributed by atoms with van der Waals surface area (Å²) in [4.78, 5) is 27.3. The van der Waals surface area contributed by atoms with E-state index in [0.717, 1.165) is 23.1 Å². The van der Waals surface area contributed by atoms with Gasteiger partial charge >= 0.3 is 0 Å². The second-order valence-electron chi connectivity index (χ2n) is 7.70. The Morgan fingerprint density at radius 3 is 2.50 bits per heavy atom. The van der Waals surface area contributed by atoms with E-state index in [2.05, 4.69) is 5.32 Å². The molecular weight excluding hydrogens is 400 g/mol. The molecule has 0 bridgehead atoms. The molecule has 0 heterocycles. The van der Waals surface area contributed by atoms with Crippen LogP contribution in [0.1, 0.15) is 43.9 Å². The van der Waals surface area contributed by atoms with Crippen LogP contribution in [0.15, 0.2) is 42.5 Å². The molecule has 162 valence electrons. The minimum absolute atomic E-state index is 0.0455. The van der Waals surface area contributed by atoms with Crippen LogP contribution in [0.25, 0.3) is 0 Å². The van der Waals surface area contributed by atoms with Gasteiger partial charge in [-0.25, -0.2) is 0 Å². The van der Waals surface area contributed by atoms with Crippen molar-refractivity contribution in [2.45, 2.75) is 59.7 Å². The zero-order chi connectivity index (χ0) is 22.3. The van der Waals surface area contributed by atoms with Crippen LogP contribution in [0.3, 0.4) is 0 Å². The SMILES string of the molecule is CCC(C)NC(=O)C(C)N(Cc1cccc(C)c1)C(=O)COc1ccc(Cl)c(C)c1. The van der Waals surface area contributed by atoms with Gasteiger partial charge in [0, 0.05) is 17.6 Å². The second-order valence-corrected chi connectivity index (χ2v) is 8.11. The number of amides is 2. The largest absolute Gasteiger partial charge is 0.484 e. The fraction of sp³-hybridized carbons (Fsp3) is 0.417. The van der Waals surface area contributed by atoms with Gasteiger partial charge in [0.05, 0.1) is 0 Å². The summed E-state index contributed by atoms with van der Waals surface area (Å²) in [6.45, 7) is 9.75. The number of hydrogen-bond acceptors (Lipinski definition) is 3. The molecule has 0 saturated carbocycles. The Bertz CT molecular complexity index is 885. The van der Waals surface area contributed by atoms with Crippen LogP contribution in [-0.4, -0.2) is 35.4 Å². The first-order valence-corrected chi connectivity index (χ1v) is 10.6. The summed E-state index contributed by atoms with van der Waals surface area (Å²) in [6, 6.07) is 12.6. The van der Waals surface area contributed by atoms with Crippen molar-refractivity contribution in [3.63, 3.8) is 0 Å². The fourth-order valence-electron chi connectivity index (χ4n) is 2.99. The van der Waals surface area contributed by atoms with E-state index >= 15 is 0 Å². The summed E-state index contributed by atoms with van der Waals surface area (Å²) < 4.78 is 5.70. The highest BCUT2D eigenvalue weighted by atomic mass is 35.5. The Morgan fingerprint density at radius 1 is 1.13 bits per heavy atom. The number of nitrogens with one attached hydrogen (secondary N) is 1. The van der Waals surface area contributed by atoms with Crippen LogP contribution < -0.4 is 10.1 Å². The zero-order valence-corrected chi connectivity index (χ0v) is 19.1. The molecule has 0 aromatic heterocycles. The number of carbonyl (C=O) groups excluding carboxylic acids is 2. The molecule has 2 aromatic rings. The highest BCUT2D eigenvalue weighted by molar-refractivity contribution is 6.31. The average Bonchev–Trinajstić information content (AvgIpc) is 2.72. The van der Waals surface area contributed by atoms with E-state index < -0.39 is 6.04 Å². The van der Waals surface area contributed by atoms with Gasteiger partial charge in [-0.3, -0.25) is 9.59 Å². The summed E-state index contributed by atoms with van der Waals surface area (Å²) in [5.74, 6) is 0.140. The third-order valence-corrected chi connectivity index (χ3v) is 5.52. The molecule has 5 nitrogen and oxygen atoms in total. The van der Waals surface area contributed by atoms with Gasteiger partial charge in [0.1, 0.15) is 11.8 Å². The van der Waals surface area contributed by atoms with E-state index in [1.54, 1.807) is 30.0 Å². The van der Waals surface area contributed by atoms with Crippen molar-refractivity contribution < 1.29 is 14.3 Å². The van der Waals surface area contributed by atoms with Crippen LogP contribution in [0.2, 0.25) is 5.02 Å². The molecule has 2 rings (SSSR count). The highest BCUT2D eigenvalue weighted by Crippen LogP contribution is 2.21. The first-order chi connectivity index (χ1) is 14.2. The smallest absolute Gasteiger partial charge is 0.261 e. The van der Waals surface area contributed by atoms with E-state index in [-0.39, 0.29) is 24.5 Å². The van der Waals surface area contributed by atoms with E-state index in [1.165, 1.54) is 0 Å². The standard InChI is InChI=1S/C24H31ClN2O3/c1-6-18(4)26-24(29)19(5)27(14-20-9-7-8-16(2)12-20)23(28)15-30-21-10-11-22(25)17(3)13-21/h7-13,18-19H,6,14-15H2,1-5H3,(H,26,29). The van der Waals surface area contributed by atoms with E-state index in [1.807, 2.05) is 52.0 Å². The fourth-order valence-corrected chi connectivity index (χ4v) is 3.11. The van der Waals surface area contributed by atoms with Gasteiger partial charge in [0.2, 0.25) is 5.91 Å². The number of benzene rings is 2. The molecule has 2 unspecified atom stereocenters. The van der Waals surface area contributed by atoms with Crippen LogP contribution in [0.5, 0.6) is 5.75 Å². The molecule has 0 spiro atoms. The van der Waals surface area contributed by atoms with Crippen LogP contribution in [0, 0.1) is 13.8 Å². The van der Waals surface area contributed by atoms with Crippen molar-refractivity contribution in [1.82, 2.24) is 10.2 Å². The van der Waals surface area contributed by atoms with Crippen molar-refractivity contribution in [3.8, 4) is 5.75 Å². The number of nitrogens with zero attached hydrogens (tertiary/aromatic N) is 1. The lowest BCUT2D eigenvalue weighted by Crippen LogP contribution is -2.50. The monoisotopic (exact) mass is 430 g/mol. The van der Waals surface area contributed by atoms with Crippen LogP contribution >= 0.6 is 11.6 Å². The summed E-state index contributed by atoms with van der Waals surface area (Å²) in [5.41, 5.74) is 2.94. The second kappa shape index (κ2) is 11.0.